The van der Waals surface area contributed by atoms with Crippen molar-refractivity contribution in [1.29, 1.82) is 0 Å². The Labute approximate surface area is 114 Å². The Kier molecular flexibility index (Phi) is 6.73. The molecule has 0 aliphatic carbocycles. The predicted octanol–water partition coefficient (Wildman–Crippen LogP) is 0.623. The van der Waals surface area contributed by atoms with Gasteiger partial charge >= 0.3 is 0 Å². The fraction of sp³-hybridized carbons (Fsp3) is 0.467. The Morgan fingerprint density at radius 2 is 1.37 bits per heavy atom. The van der Waals surface area contributed by atoms with E-state index < -0.39 is 0 Å². The molecule has 0 bridgehead atoms. The van der Waals surface area contributed by atoms with Gasteiger partial charge in [0.05, 0.1) is 19.8 Å². The van der Waals surface area contributed by atoms with E-state index in [-0.39, 0.29) is 19.8 Å². The lowest BCUT2D eigenvalue weighted by molar-refractivity contribution is -0.941. The summed E-state index contributed by atoms with van der Waals surface area (Å²) in [5.41, 5.74) is 2.19. The molecular formula is C15H24NO3+. The third kappa shape index (κ3) is 4.76. The summed E-state index contributed by atoms with van der Waals surface area (Å²) < 4.78 is 0.497. The third-order valence-corrected chi connectivity index (χ3v) is 3.46. The van der Waals surface area contributed by atoms with Gasteiger partial charge in [0, 0.05) is 5.56 Å². The Morgan fingerprint density at radius 1 is 0.895 bits per heavy atom. The number of aliphatic hydroxyl groups is 3. The van der Waals surface area contributed by atoms with E-state index in [4.69, 9.17) is 0 Å². The van der Waals surface area contributed by atoms with Crippen LogP contribution in [-0.4, -0.2) is 59.3 Å². The van der Waals surface area contributed by atoms with Gasteiger partial charge in [-0.05, 0) is 5.56 Å². The number of benzene rings is 1. The molecule has 0 spiro atoms. The molecule has 1 rings (SSSR count). The molecule has 0 aliphatic heterocycles. The zero-order valence-corrected chi connectivity index (χ0v) is 11.3. The van der Waals surface area contributed by atoms with Crippen molar-refractivity contribution in [3.8, 4) is 0 Å². The first-order valence-electron chi connectivity index (χ1n) is 6.59. The maximum absolute atomic E-state index is 9.22. The van der Waals surface area contributed by atoms with Crippen molar-refractivity contribution >= 4 is 6.08 Å². The van der Waals surface area contributed by atoms with Crippen LogP contribution in [0.3, 0.4) is 0 Å². The Morgan fingerprint density at radius 3 is 1.74 bits per heavy atom. The van der Waals surface area contributed by atoms with Gasteiger partial charge in [0.15, 0.2) is 0 Å². The first kappa shape index (κ1) is 15.9. The number of aliphatic hydroxyl groups excluding tert-OH is 3. The zero-order chi connectivity index (χ0) is 14.1. The largest absolute Gasteiger partial charge is 0.391 e. The maximum Gasteiger partial charge on any atom is 0.105 e. The summed E-state index contributed by atoms with van der Waals surface area (Å²) in [7, 11) is 0. The van der Waals surface area contributed by atoms with Crippen LogP contribution in [-0.2, 0) is 6.54 Å². The second-order valence-electron chi connectivity index (χ2n) is 4.79. The third-order valence-electron chi connectivity index (χ3n) is 3.46. The maximum atomic E-state index is 9.22. The fourth-order valence-electron chi connectivity index (χ4n) is 2.36. The summed E-state index contributed by atoms with van der Waals surface area (Å²) in [6.45, 7) is 6.15. The van der Waals surface area contributed by atoms with Gasteiger partial charge in [-0.3, -0.25) is 0 Å². The molecule has 19 heavy (non-hydrogen) atoms. The average molecular weight is 266 g/mol. The number of hydrogen-bond donors (Lipinski definition) is 3. The molecule has 4 nitrogen and oxygen atoms in total. The van der Waals surface area contributed by atoms with Crippen LogP contribution in [0.1, 0.15) is 11.1 Å². The fourth-order valence-corrected chi connectivity index (χ4v) is 2.36. The molecule has 1 aromatic carbocycles. The highest BCUT2D eigenvalue weighted by atomic mass is 16.3. The molecule has 3 N–H and O–H groups in total. The van der Waals surface area contributed by atoms with Gasteiger partial charge in [-0.2, -0.15) is 0 Å². The topological polar surface area (TPSA) is 60.7 Å². The second kappa shape index (κ2) is 8.07. The minimum absolute atomic E-state index is 0.0464. The number of rotatable bonds is 9. The van der Waals surface area contributed by atoms with E-state index in [1.165, 1.54) is 0 Å². The smallest absolute Gasteiger partial charge is 0.105 e. The monoisotopic (exact) mass is 266 g/mol. The van der Waals surface area contributed by atoms with Gasteiger partial charge in [0.2, 0.25) is 0 Å². The van der Waals surface area contributed by atoms with Gasteiger partial charge in [-0.15, -0.1) is 0 Å². The van der Waals surface area contributed by atoms with Crippen molar-refractivity contribution in [2.45, 2.75) is 6.54 Å². The van der Waals surface area contributed by atoms with Crippen LogP contribution in [0.25, 0.3) is 6.08 Å². The van der Waals surface area contributed by atoms with Gasteiger partial charge in [0.25, 0.3) is 0 Å². The molecule has 1 aromatic rings. The molecule has 0 aliphatic rings. The van der Waals surface area contributed by atoms with Crippen LogP contribution in [0, 0.1) is 0 Å². The van der Waals surface area contributed by atoms with Crippen molar-refractivity contribution < 1.29 is 19.8 Å². The Hall–Kier alpha value is -1.20. The SMILES string of the molecule is C=Cc1ccc(C[N+](CCO)(CCO)CCO)cc1. The number of nitrogens with zero attached hydrogens (tertiary/aromatic N) is 1. The summed E-state index contributed by atoms with van der Waals surface area (Å²) in [6.07, 6.45) is 1.79. The molecule has 0 saturated heterocycles. The molecule has 106 valence electrons. The van der Waals surface area contributed by atoms with Crippen molar-refractivity contribution in [2.24, 2.45) is 0 Å². The molecular weight excluding hydrogens is 242 g/mol. The highest BCUT2D eigenvalue weighted by Gasteiger charge is 2.26. The lowest BCUT2D eigenvalue weighted by Crippen LogP contribution is -2.52. The molecule has 0 radical (unpaired) electrons. The number of hydrogen-bond acceptors (Lipinski definition) is 3. The quantitative estimate of drug-likeness (QED) is 0.574. The lowest BCUT2D eigenvalue weighted by atomic mass is 10.1. The summed E-state index contributed by atoms with van der Waals surface area (Å²) in [5, 5.41) is 27.7. The van der Waals surface area contributed by atoms with E-state index in [1.54, 1.807) is 6.08 Å². The summed E-state index contributed by atoms with van der Waals surface area (Å²) >= 11 is 0. The molecule has 0 heterocycles. The van der Waals surface area contributed by atoms with Crippen LogP contribution in [0.15, 0.2) is 30.8 Å². The molecule has 0 saturated carbocycles. The standard InChI is InChI=1S/C15H24NO3/c1-2-14-3-5-15(6-4-14)13-16(7-10-17,8-11-18)9-12-19/h2-6,17-19H,1,7-13H2/q+1. The van der Waals surface area contributed by atoms with Gasteiger partial charge in [-0.25, -0.2) is 0 Å². The van der Waals surface area contributed by atoms with Crippen LogP contribution < -0.4 is 0 Å². The van der Waals surface area contributed by atoms with Crippen molar-refractivity contribution in [1.82, 2.24) is 0 Å². The van der Waals surface area contributed by atoms with E-state index in [9.17, 15) is 15.3 Å². The Bertz CT molecular complexity index is 358. The first-order valence-corrected chi connectivity index (χ1v) is 6.59. The molecule has 0 amide bonds. The molecule has 0 aromatic heterocycles. The average Bonchev–Trinajstić information content (AvgIpc) is 2.40. The van der Waals surface area contributed by atoms with Crippen LogP contribution in [0.2, 0.25) is 0 Å². The van der Waals surface area contributed by atoms with E-state index in [0.717, 1.165) is 11.1 Å². The molecule has 4 heteroatoms. The van der Waals surface area contributed by atoms with Crippen LogP contribution >= 0.6 is 0 Å². The number of quaternary nitrogens is 1. The second-order valence-corrected chi connectivity index (χ2v) is 4.79. The van der Waals surface area contributed by atoms with E-state index >= 15 is 0 Å². The summed E-state index contributed by atoms with van der Waals surface area (Å²) in [4.78, 5) is 0. The lowest BCUT2D eigenvalue weighted by Gasteiger charge is -2.37. The minimum Gasteiger partial charge on any atom is -0.391 e. The summed E-state index contributed by atoms with van der Waals surface area (Å²) in [6, 6.07) is 8.04. The molecule has 0 fully saturated rings. The first-order chi connectivity index (χ1) is 9.19. The van der Waals surface area contributed by atoms with Gasteiger partial charge in [-0.1, -0.05) is 36.9 Å². The van der Waals surface area contributed by atoms with E-state index in [2.05, 4.69) is 6.58 Å². The molecule has 0 atom stereocenters. The normalized spacial score (nSPS) is 11.5. The highest BCUT2D eigenvalue weighted by Crippen LogP contribution is 2.15. The van der Waals surface area contributed by atoms with E-state index in [1.807, 2.05) is 24.3 Å². The van der Waals surface area contributed by atoms with Crippen molar-refractivity contribution in [2.75, 3.05) is 39.5 Å². The minimum atomic E-state index is 0.0464. The van der Waals surface area contributed by atoms with E-state index in [0.29, 0.717) is 30.7 Å². The Balaban J connectivity index is 2.86. The predicted molar refractivity (Wildman–Crippen MR) is 76.4 cm³/mol. The van der Waals surface area contributed by atoms with Crippen molar-refractivity contribution in [3.05, 3.63) is 42.0 Å². The van der Waals surface area contributed by atoms with Crippen LogP contribution in [0.5, 0.6) is 0 Å². The van der Waals surface area contributed by atoms with Gasteiger partial charge < -0.3 is 19.8 Å². The van der Waals surface area contributed by atoms with Crippen LogP contribution in [0.4, 0.5) is 0 Å². The summed E-state index contributed by atoms with van der Waals surface area (Å²) in [5.74, 6) is 0. The zero-order valence-electron chi connectivity index (χ0n) is 11.3. The highest BCUT2D eigenvalue weighted by molar-refractivity contribution is 5.47. The molecule has 0 unspecified atom stereocenters. The van der Waals surface area contributed by atoms with Gasteiger partial charge in [0.1, 0.15) is 26.2 Å². The van der Waals surface area contributed by atoms with Crippen molar-refractivity contribution in [3.63, 3.8) is 0 Å².